The highest BCUT2D eigenvalue weighted by atomic mass is 16.2. The van der Waals surface area contributed by atoms with Crippen LogP contribution in [0.2, 0.25) is 0 Å². The molecule has 1 N–H and O–H groups in total. The highest BCUT2D eigenvalue weighted by Gasteiger charge is 2.46. The van der Waals surface area contributed by atoms with E-state index in [0.29, 0.717) is 19.6 Å². The lowest BCUT2D eigenvalue weighted by molar-refractivity contribution is -0.136. The number of pyridine rings is 1. The summed E-state index contributed by atoms with van der Waals surface area (Å²) in [5.74, 6) is 0.157. The predicted molar refractivity (Wildman–Crippen MR) is 94.2 cm³/mol. The second-order valence-corrected chi connectivity index (χ2v) is 7.60. The number of hydrogen-bond donors (Lipinski definition) is 1. The van der Waals surface area contributed by atoms with Crippen LogP contribution in [0.1, 0.15) is 37.7 Å². The van der Waals surface area contributed by atoms with Crippen molar-refractivity contribution in [3.05, 3.63) is 30.1 Å². The van der Waals surface area contributed by atoms with Crippen molar-refractivity contribution in [1.29, 1.82) is 0 Å². The number of urea groups is 1. The summed E-state index contributed by atoms with van der Waals surface area (Å²) >= 11 is 0. The van der Waals surface area contributed by atoms with Crippen molar-refractivity contribution in [3.8, 4) is 0 Å². The van der Waals surface area contributed by atoms with E-state index in [1.54, 1.807) is 6.20 Å². The largest absolute Gasteiger partial charge is 0.342 e. The Bertz CT molecular complexity index is 699. The van der Waals surface area contributed by atoms with Gasteiger partial charge in [0, 0.05) is 32.0 Å². The van der Waals surface area contributed by atoms with Gasteiger partial charge >= 0.3 is 6.03 Å². The average molecular weight is 356 g/mol. The van der Waals surface area contributed by atoms with Crippen LogP contribution >= 0.6 is 0 Å². The summed E-state index contributed by atoms with van der Waals surface area (Å²) in [6, 6.07) is 3.59. The van der Waals surface area contributed by atoms with Gasteiger partial charge in [-0.15, -0.1) is 0 Å². The minimum absolute atomic E-state index is 0.0817. The van der Waals surface area contributed by atoms with Gasteiger partial charge in [0.1, 0.15) is 0 Å². The lowest BCUT2D eigenvalue weighted by Crippen LogP contribution is -2.45. The van der Waals surface area contributed by atoms with Crippen molar-refractivity contribution >= 4 is 17.8 Å². The molecule has 1 atom stereocenters. The van der Waals surface area contributed by atoms with E-state index in [0.717, 1.165) is 37.7 Å². The van der Waals surface area contributed by atoms with Gasteiger partial charge < -0.3 is 10.2 Å². The maximum Gasteiger partial charge on any atom is 0.324 e. The molecule has 1 saturated carbocycles. The Balaban J connectivity index is 1.47. The molecule has 3 heterocycles. The third-order valence-corrected chi connectivity index (χ3v) is 6.03. The maximum absolute atomic E-state index is 13.4. The molecule has 138 valence electrons. The number of carbonyl (C=O) groups is 3. The summed E-state index contributed by atoms with van der Waals surface area (Å²) in [5, 5.41) is 2.55. The number of aromatic nitrogens is 1. The van der Waals surface area contributed by atoms with Gasteiger partial charge in [-0.3, -0.25) is 19.5 Å². The number of nitrogens with one attached hydrogen (secondary N) is 1. The molecule has 0 spiro atoms. The van der Waals surface area contributed by atoms with E-state index in [9.17, 15) is 14.4 Å². The highest BCUT2D eigenvalue weighted by molar-refractivity contribution is 6.01. The maximum atomic E-state index is 13.4. The van der Waals surface area contributed by atoms with Gasteiger partial charge in [-0.25, -0.2) is 4.79 Å². The monoisotopic (exact) mass is 356 g/mol. The molecular weight excluding hydrogens is 332 g/mol. The second kappa shape index (κ2) is 6.70. The molecule has 2 aliphatic heterocycles. The van der Waals surface area contributed by atoms with Crippen molar-refractivity contribution in [2.75, 3.05) is 26.2 Å². The minimum atomic E-state index is -0.454. The molecule has 0 aromatic carbocycles. The van der Waals surface area contributed by atoms with E-state index in [2.05, 4.69) is 10.3 Å². The van der Waals surface area contributed by atoms with Gasteiger partial charge in [-0.2, -0.15) is 0 Å². The molecule has 4 amide bonds. The van der Waals surface area contributed by atoms with E-state index in [1.165, 1.54) is 4.90 Å². The first-order valence-electron chi connectivity index (χ1n) is 9.38. The van der Waals surface area contributed by atoms with E-state index in [1.807, 2.05) is 23.2 Å². The Kier molecular flexibility index (Phi) is 4.38. The summed E-state index contributed by atoms with van der Waals surface area (Å²) in [7, 11) is 0. The van der Waals surface area contributed by atoms with E-state index in [4.69, 9.17) is 0 Å². The van der Waals surface area contributed by atoms with Crippen molar-refractivity contribution in [3.63, 3.8) is 0 Å². The summed E-state index contributed by atoms with van der Waals surface area (Å²) in [5.41, 5.74) is 0.560. The van der Waals surface area contributed by atoms with Crippen LogP contribution in [0.4, 0.5) is 4.79 Å². The Labute approximate surface area is 152 Å². The Morgan fingerprint density at radius 1 is 1.31 bits per heavy atom. The summed E-state index contributed by atoms with van der Waals surface area (Å²) < 4.78 is 0. The summed E-state index contributed by atoms with van der Waals surface area (Å²) in [6.45, 7) is 1.78. The molecule has 0 bridgehead atoms. The van der Waals surface area contributed by atoms with Gasteiger partial charge in [-0.05, 0) is 36.8 Å². The standard InChI is InChI=1S/C19H24N4O3/c24-16-11-21-18(26)23(16)13-14-5-9-22(12-14)17(25)19(6-1-2-7-19)15-4-3-8-20-10-15/h3-4,8,10,14H,1-2,5-7,9,11-13H2,(H,21,26). The van der Waals surface area contributed by atoms with Crippen LogP contribution in [0.15, 0.2) is 24.5 Å². The molecular formula is C19H24N4O3. The lowest BCUT2D eigenvalue weighted by atomic mass is 9.78. The molecule has 1 aromatic heterocycles. The molecule has 0 radical (unpaired) electrons. The van der Waals surface area contributed by atoms with Crippen LogP contribution in [0, 0.1) is 5.92 Å². The third kappa shape index (κ3) is 2.85. The molecule has 7 heteroatoms. The highest BCUT2D eigenvalue weighted by Crippen LogP contribution is 2.43. The average Bonchev–Trinajstić information content (AvgIpc) is 3.40. The van der Waals surface area contributed by atoms with E-state index in [-0.39, 0.29) is 30.3 Å². The van der Waals surface area contributed by atoms with Crippen LogP contribution < -0.4 is 5.32 Å². The summed E-state index contributed by atoms with van der Waals surface area (Å²) in [6.07, 6.45) is 8.23. The molecule has 2 saturated heterocycles. The third-order valence-electron chi connectivity index (χ3n) is 6.03. The summed E-state index contributed by atoms with van der Waals surface area (Å²) in [4.78, 5) is 44.4. The number of hydrogen-bond acceptors (Lipinski definition) is 4. The van der Waals surface area contributed by atoms with Gasteiger partial charge in [0.25, 0.3) is 0 Å². The number of carbonyl (C=O) groups excluding carboxylic acids is 3. The molecule has 1 aliphatic carbocycles. The Hall–Kier alpha value is -2.44. The van der Waals surface area contributed by atoms with E-state index < -0.39 is 5.41 Å². The van der Waals surface area contributed by atoms with Crippen LogP contribution in [-0.4, -0.2) is 58.8 Å². The van der Waals surface area contributed by atoms with Gasteiger partial charge in [0.2, 0.25) is 11.8 Å². The SMILES string of the molecule is O=C1CNC(=O)N1CC1CCN(C(=O)C2(c3cccnc3)CCCC2)C1. The second-order valence-electron chi connectivity index (χ2n) is 7.60. The minimum Gasteiger partial charge on any atom is -0.342 e. The number of nitrogens with zero attached hydrogens (tertiary/aromatic N) is 3. The van der Waals surface area contributed by atoms with Gasteiger partial charge in [0.05, 0.1) is 12.0 Å². The zero-order valence-electron chi connectivity index (χ0n) is 14.8. The molecule has 1 aromatic rings. The first kappa shape index (κ1) is 17.0. The van der Waals surface area contributed by atoms with Crippen LogP contribution in [0.3, 0.4) is 0 Å². The smallest absolute Gasteiger partial charge is 0.324 e. The zero-order chi connectivity index (χ0) is 18.1. The van der Waals surface area contributed by atoms with Crippen molar-refractivity contribution < 1.29 is 14.4 Å². The molecule has 3 aliphatic rings. The fraction of sp³-hybridized carbons (Fsp3) is 0.579. The quantitative estimate of drug-likeness (QED) is 0.824. The molecule has 7 nitrogen and oxygen atoms in total. The number of rotatable bonds is 4. The fourth-order valence-corrected chi connectivity index (χ4v) is 4.62. The van der Waals surface area contributed by atoms with Crippen molar-refractivity contribution in [2.24, 2.45) is 5.92 Å². The van der Waals surface area contributed by atoms with Crippen molar-refractivity contribution in [1.82, 2.24) is 20.1 Å². The van der Waals surface area contributed by atoms with Gasteiger partial charge in [-0.1, -0.05) is 18.9 Å². The normalized spacial score (nSPS) is 25.0. The molecule has 4 rings (SSSR count). The Morgan fingerprint density at radius 2 is 2.12 bits per heavy atom. The first-order chi connectivity index (χ1) is 12.6. The molecule has 3 fully saturated rings. The van der Waals surface area contributed by atoms with Gasteiger partial charge in [0.15, 0.2) is 0 Å². The predicted octanol–water partition coefficient (Wildman–Crippen LogP) is 1.29. The number of imide groups is 1. The number of amides is 4. The molecule has 26 heavy (non-hydrogen) atoms. The first-order valence-corrected chi connectivity index (χ1v) is 9.38. The number of likely N-dealkylation sites (tertiary alicyclic amines) is 1. The van der Waals surface area contributed by atoms with Crippen LogP contribution in [-0.2, 0) is 15.0 Å². The van der Waals surface area contributed by atoms with Crippen LogP contribution in [0.25, 0.3) is 0 Å². The molecule has 1 unspecified atom stereocenters. The Morgan fingerprint density at radius 3 is 2.77 bits per heavy atom. The van der Waals surface area contributed by atoms with Crippen LogP contribution in [0.5, 0.6) is 0 Å². The zero-order valence-corrected chi connectivity index (χ0v) is 14.8. The van der Waals surface area contributed by atoms with Crippen molar-refractivity contribution in [2.45, 2.75) is 37.5 Å². The lowest BCUT2D eigenvalue weighted by Gasteiger charge is -2.32. The topological polar surface area (TPSA) is 82.6 Å². The van der Waals surface area contributed by atoms with E-state index >= 15 is 0 Å². The fourth-order valence-electron chi connectivity index (χ4n) is 4.62.